The summed E-state index contributed by atoms with van der Waals surface area (Å²) in [5, 5.41) is 9.00. The van der Waals surface area contributed by atoms with Crippen LogP contribution in [0.2, 0.25) is 0 Å². The zero-order chi connectivity index (χ0) is 16.3. The number of hydrogen-bond acceptors (Lipinski definition) is 4. The first-order valence-electron chi connectivity index (χ1n) is 7.31. The predicted octanol–water partition coefficient (Wildman–Crippen LogP) is 1.78. The number of nitrogens with zero attached hydrogens (tertiary/aromatic N) is 1. The Labute approximate surface area is 129 Å². The maximum atomic E-state index is 12.6. The second-order valence-corrected chi connectivity index (χ2v) is 5.81. The van der Waals surface area contributed by atoms with E-state index < -0.39 is 18.2 Å². The lowest BCUT2D eigenvalue weighted by Gasteiger charge is -2.34. The van der Waals surface area contributed by atoms with Crippen molar-refractivity contribution in [1.29, 1.82) is 0 Å². The van der Waals surface area contributed by atoms with Gasteiger partial charge in [-0.3, -0.25) is 9.59 Å². The fraction of sp³-hybridized carbons (Fsp3) is 0.500. The van der Waals surface area contributed by atoms with Crippen LogP contribution in [-0.4, -0.2) is 47.2 Å². The molecule has 0 spiro atoms. The van der Waals surface area contributed by atoms with Crippen molar-refractivity contribution in [3.8, 4) is 11.5 Å². The van der Waals surface area contributed by atoms with Crippen LogP contribution in [-0.2, 0) is 9.59 Å². The Morgan fingerprint density at radius 2 is 1.82 bits per heavy atom. The topological polar surface area (TPSA) is 76.1 Å². The molecule has 6 nitrogen and oxygen atoms in total. The van der Waals surface area contributed by atoms with E-state index in [2.05, 4.69) is 0 Å². The zero-order valence-corrected chi connectivity index (χ0v) is 13.0. The molecule has 1 aliphatic heterocycles. The summed E-state index contributed by atoms with van der Waals surface area (Å²) in [6.07, 6.45) is -1.32. The highest BCUT2D eigenvalue weighted by atomic mass is 16.6. The highest BCUT2D eigenvalue weighted by Crippen LogP contribution is 2.33. The van der Waals surface area contributed by atoms with Crippen LogP contribution in [0.15, 0.2) is 24.3 Å². The van der Waals surface area contributed by atoms with Crippen LogP contribution in [0.25, 0.3) is 0 Å². The Morgan fingerprint density at radius 3 is 2.36 bits per heavy atom. The number of rotatable bonds is 5. The van der Waals surface area contributed by atoms with Gasteiger partial charge in [-0.05, 0) is 25.0 Å². The van der Waals surface area contributed by atoms with E-state index >= 15 is 0 Å². The van der Waals surface area contributed by atoms with E-state index in [9.17, 15) is 9.59 Å². The van der Waals surface area contributed by atoms with Crippen LogP contribution in [0, 0.1) is 5.92 Å². The average molecular weight is 307 g/mol. The largest absolute Gasteiger partial charge is 0.482 e. The minimum atomic E-state index is -1.04. The van der Waals surface area contributed by atoms with Crippen molar-refractivity contribution in [3.63, 3.8) is 0 Å². The third-order valence-electron chi connectivity index (χ3n) is 3.31. The summed E-state index contributed by atoms with van der Waals surface area (Å²) < 4.78 is 11.4. The molecule has 0 aromatic heterocycles. The fourth-order valence-electron chi connectivity index (χ4n) is 2.41. The van der Waals surface area contributed by atoms with Gasteiger partial charge < -0.3 is 19.5 Å². The molecule has 2 atom stereocenters. The van der Waals surface area contributed by atoms with Crippen LogP contribution in [0.4, 0.5) is 0 Å². The van der Waals surface area contributed by atoms with Crippen molar-refractivity contribution in [2.75, 3.05) is 13.1 Å². The summed E-state index contributed by atoms with van der Waals surface area (Å²) >= 11 is 0. The number of hydrogen-bond donors (Lipinski definition) is 1. The van der Waals surface area contributed by atoms with Gasteiger partial charge in [0.15, 0.2) is 11.5 Å². The third-order valence-corrected chi connectivity index (χ3v) is 3.31. The maximum Gasteiger partial charge on any atom is 0.323 e. The van der Waals surface area contributed by atoms with Crippen LogP contribution in [0.3, 0.4) is 0 Å². The molecular weight excluding hydrogens is 286 g/mol. The van der Waals surface area contributed by atoms with E-state index in [1.165, 1.54) is 4.90 Å². The lowest BCUT2D eigenvalue weighted by molar-refractivity contribution is -0.151. The van der Waals surface area contributed by atoms with Crippen LogP contribution >= 0.6 is 0 Å². The van der Waals surface area contributed by atoms with Crippen molar-refractivity contribution >= 4 is 11.9 Å². The number of amides is 1. The molecule has 0 saturated carbocycles. The van der Waals surface area contributed by atoms with Crippen LogP contribution in [0.1, 0.15) is 20.8 Å². The number of aliphatic carboxylic acids is 1. The first-order chi connectivity index (χ1) is 10.4. The molecule has 1 amide bonds. The number of para-hydroxylation sites is 2. The number of benzene rings is 1. The van der Waals surface area contributed by atoms with E-state index in [-0.39, 0.29) is 18.4 Å². The normalized spacial score (nSPS) is 19.8. The van der Waals surface area contributed by atoms with Gasteiger partial charge in [-0.25, -0.2) is 0 Å². The Hall–Kier alpha value is -2.24. The lowest BCUT2D eigenvalue weighted by Crippen LogP contribution is -2.52. The van der Waals surface area contributed by atoms with Gasteiger partial charge in [-0.2, -0.15) is 0 Å². The molecule has 2 rings (SSSR count). The molecule has 1 aliphatic rings. The Bertz CT molecular complexity index is 557. The highest BCUT2D eigenvalue weighted by molar-refractivity contribution is 5.85. The molecule has 1 N–H and O–H groups in total. The van der Waals surface area contributed by atoms with Crippen molar-refractivity contribution in [1.82, 2.24) is 4.90 Å². The van der Waals surface area contributed by atoms with Gasteiger partial charge in [0, 0.05) is 6.54 Å². The van der Waals surface area contributed by atoms with Gasteiger partial charge in [-0.1, -0.05) is 26.0 Å². The molecular formula is C16H21NO5. The number of carbonyl (C=O) groups excluding carboxylic acids is 1. The third kappa shape index (κ3) is 3.69. The van der Waals surface area contributed by atoms with Gasteiger partial charge in [0.25, 0.3) is 5.91 Å². The number of fused-ring (bicyclic) bond motifs is 1. The van der Waals surface area contributed by atoms with Crippen LogP contribution < -0.4 is 9.47 Å². The molecule has 2 unspecified atom stereocenters. The fourth-order valence-corrected chi connectivity index (χ4v) is 2.41. The lowest BCUT2D eigenvalue weighted by atomic mass is 10.1. The van der Waals surface area contributed by atoms with Gasteiger partial charge in [-0.15, -0.1) is 0 Å². The molecule has 120 valence electrons. The van der Waals surface area contributed by atoms with Crippen molar-refractivity contribution in [2.45, 2.75) is 33.0 Å². The number of ether oxygens (including phenoxy) is 2. The van der Waals surface area contributed by atoms with E-state index in [1.807, 2.05) is 19.9 Å². The minimum absolute atomic E-state index is 0.162. The summed E-state index contributed by atoms with van der Waals surface area (Å²) in [6, 6.07) is 7.12. The zero-order valence-electron chi connectivity index (χ0n) is 13.0. The monoisotopic (exact) mass is 307 g/mol. The van der Waals surface area contributed by atoms with Crippen molar-refractivity contribution < 1.29 is 24.2 Å². The van der Waals surface area contributed by atoms with E-state index in [4.69, 9.17) is 14.6 Å². The van der Waals surface area contributed by atoms with Crippen LogP contribution in [0.5, 0.6) is 11.5 Å². The Kier molecular flexibility index (Phi) is 4.90. The van der Waals surface area contributed by atoms with Crippen molar-refractivity contribution in [3.05, 3.63) is 24.3 Å². The molecule has 0 bridgehead atoms. The molecule has 22 heavy (non-hydrogen) atoms. The SMILES string of the molecule is CC(C)CN(CC(=O)O)C(=O)C1Oc2ccccc2OC1C. The average Bonchev–Trinajstić information content (AvgIpc) is 2.44. The van der Waals surface area contributed by atoms with Gasteiger partial charge in [0.1, 0.15) is 12.6 Å². The standard InChI is InChI=1S/C16H21NO5/c1-10(2)8-17(9-14(18)19)16(20)15-11(3)21-12-6-4-5-7-13(12)22-15/h4-7,10-11,15H,8-9H2,1-3H3,(H,18,19). The van der Waals surface area contributed by atoms with Gasteiger partial charge in [0.05, 0.1) is 0 Å². The molecule has 1 aromatic carbocycles. The first-order valence-corrected chi connectivity index (χ1v) is 7.31. The smallest absolute Gasteiger partial charge is 0.323 e. The molecule has 1 aromatic rings. The first kappa shape index (κ1) is 16.1. The quantitative estimate of drug-likeness (QED) is 0.897. The summed E-state index contributed by atoms with van der Waals surface area (Å²) in [5.41, 5.74) is 0. The van der Waals surface area contributed by atoms with E-state index in [0.717, 1.165) is 0 Å². The maximum absolute atomic E-state index is 12.6. The minimum Gasteiger partial charge on any atom is -0.482 e. The molecule has 0 radical (unpaired) electrons. The Balaban J connectivity index is 2.17. The molecule has 0 fully saturated rings. The van der Waals surface area contributed by atoms with E-state index in [1.54, 1.807) is 25.1 Å². The molecule has 6 heteroatoms. The van der Waals surface area contributed by atoms with Gasteiger partial charge in [0.2, 0.25) is 6.10 Å². The molecule has 0 aliphatic carbocycles. The van der Waals surface area contributed by atoms with E-state index in [0.29, 0.717) is 18.0 Å². The number of carboxylic acids is 1. The second kappa shape index (κ2) is 6.68. The summed E-state index contributed by atoms with van der Waals surface area (Å²) in [4.78, 5) is 25.0. The Morgan fingerprint density at radius 1 is 1.23 bits per heavy atom. The summed E-state index contributed by atoms with van der Waals surface area (Å²) in [7, 11) is 0. The van der Waals surface area contributed by atoms with Gasteiger partial charge >= 0.3 is 5.97 Å². The predicted molar refractivity (Wildman–Crippen MR) is 80.0 cm³/mol. The van der Waals surface area contributed by atoms with Crippen molar-refractivity contribution in [2.24, 2.45) is 5.92 Å². The molecule has 1 heterocycles. The second-order valence-electron chi connectivity index (χ2n) is 5.81. The summed E-state index contributed by atoms with van der Waals surface area (Å²) in [6.45, 7) is 5.62. The summed E-state index contributed by atoms with van der Waals surface area (Å²) in [5.74, 6) is -0.154. The highest BCUT2D eigenvalue weighted by Gasteiger charge is 2.37. The number of carboxylic acid groups (broad SMARTS) is 1. The molecule has 0 saturated heterocycles. The number of carbonyl (C=O) groups is 2.